The van der Waals surface area contributed by atoms with Gasteiger partial charge in [-0.2, -0.15) is 0 Å². The Morgan fingerprint density at radius 3 is 2.79 bits per heavy atom. The van der Waals surface area contributed by atoms with Gasteiger partial charge in [-0.15, -0.1) is 0 Å². The van der Waals surface area contributed by atoms with Gasteiger partial charge in [-0.1, -0.05) is 37.6 Å². The highest BCUT2D eigenvalue weighted by atomic mass is 16.5. The first-order valence-electron chi connectivity index (χ1n) is 5.37. The van der Waals surface area contributed by atoms with E-state index in [0.29, 0.717) is 12.0 Å². The molecule has 1 atom stereocenters. The molecule has 1 aromatic carbocycles. The Morgan fingerprint density at radius 1 is 1.29 bits per heavy atom. The van der Waals surface area contributed by atoms with Crippen molar-refractivity contribution in [2.45, 2.75) is 39.9 Å². The summed E-state index contributed by atoms with van der Waals surface area (Å²) in [6.07, 6.45) is 1.48. The molecule has 0 saturated carbocycles. The van der Waals surface area contributed by atoms with Crippen LogP contribution in [0.1, 0.15) is 30.5 Å². The van der Waals surface area contributed by atoms with Gasteiger partial charge < -0.3 is 4.74 Å². The Bertz CT molecular complexity index is 328. The van der Waals surface area contributed by atoms with E-state index in [-0.39, 0.29) is 0 Å². The lowest BCUT2D eigenvalue weighted by molar-refractivity contribution is -0.000300. The van der Waals surface area contributed by atoms with E-state index < -0.39 is 0 Å². The van der Waals surface area contributed by atoms with Crippen molar-refractivity contribution < 1.29 is 4.74 Å². The lowest BCUT2D eigenvalue weighted by atomic mass is 9.92. The largest absolute Gasteiger partial charge is 0.373 e. The molecule has 0 N–H and O–H groups in total. The summed E-state index contributed by atoms with van der Waals surface area (Å²) in [5, 5.41) is 0. The molecule has 76 valence electrons. The van der Waals surface area contributed by atoms with Crippen molar-refractivity contribution >= 4 is 0 Å². The van der Waals surface area contributed by atoms with Gasteiger partial charge in [0.15, 0.2) is 0 Å². The number of benzene rings is 1. The number of fused-ring (bicyclic) bond motifs is 1. The van der Waals surface area contributed by atoms with Crippen LogP contribution in [-0.4, -0.2) is 6.10 Å². The molecule has 1 heteroatoms. The Labute approximate surface area is 86.1 Å². The average Bonchev–Trinajstić information content (AvgIpc) is 2.16. The van der Waals surface area contributed by atoms with Gasteiger partial charge in [0.2, 0.25) is 0 Å². The zero-order chi connectivity index (χ0) is 10.1. The van der Waals surface area contributed by atoms with Gasteiger partial charge in [0.1, 0.15) is 0 Å². The summed E-state index contributed by atoms with van der Waals surface area (Å²) in [4.78, 5) is 0. The van der Waals surface area contributed by atoms with Crippen LogP contribution in [0.15, 0.2) is 18.2 Å². The predicted octanol–water partition coefficient (Wildman–Crippen LogP) is 3.09. The number of hydrogen-bond donors (Lipinski definition) is 0. The molecule has 2 rings (SSSR count). The highest BCUT2D eigenvalue weighted by Crippen LogP contribution is 2.25. The third-order valence-corrected chi connectivity index (χ3v) is 2.98. The standard InChI is InChI=1S/C13H18O/c1-9(2)13-7-12-6-10(3)4-5-11(12)8-14-13/h4-6,9,13H,7-8H2,1-3H3. The van der Waals surface area contributed by atoms with Crippen LogP contribution in [0.25, 0.3) is 0 Å². The molecule has 0 radical (unpaired) electrons. The van der Waals surface area contributed by atoms with Crippen molar-refractivity contribution in [1.82, 2.24) is 0 Å². The van der Waals surface area contributed by atoms with Crippen LogP contribution in [0.4, 0.5) is 0 Å². The summed E-state index contributed by atoms with van der Waals surface area (Å²) >= 11 is 0. The van der Waals surface area contributed by atoms with Crippen LogP contribution in [-0.2, 0) is 17.8 Å². The second-order valence-electron chi connectivity index (χ2n) is 4.57. The second kappa shape index (κ2) is 3.74. The topological polar surface area (TPSA) is 9.23 Å². The van der Waals surface area contributed by atoms with Gasteiger partial charge in [-0.3, -0.25) is 0 Å². The maximum Gasteiger partial charge on any atom is 0.0723 e. The third kappa shape index (κ3) is 1.83. The molecular weight excluding hydrogens is 172 g/mol. The Balaban J connectivity index is 2.24. The van der Waals surface area contributed by atoms with Crippen molar-refractivity contribution in [2.75, 3.05) is 0 Å². The molecule has 0 spiro atoms. The van der Waals surface area contributed by atoms with Crippen molar-refractivity contribution in [2.24, 2.45) is 5.92 Å². The van der Waals surface area contributed by atoms with E-state index in [1.165, 1.54) is 16.7 Å². The fourth-order valence-electron chi connectivity index (χ4n) is 1.99. The van der Waals surface area contributed by atoms with Crippen LogP contribution in [0.3, 0.4) is 0 Å². The van der Waals surface area contributed by atoms with E-state index in [4.69, 9.17) is 4.74 Å². The Kier molecular flexibility index (Phi) is 2.60. The normalized spacial score (nSPS) is 21.0. The predicted molar refractivity (Wildman–Crippen MR) is 58.3 cm³/mol. The summed E-state index contributed by atoms with van der Waals surface area (Å²) in [6, 6.07) is 6.66. The van der Waals surface area contributed by atoms with Crippen LogP contribution in [0.5, 0.6) is 0 Å². The first kappa shape index (κ1) is 9.72. The monoisotopic (exact) mass is 190 g/mol. The fourth-order valence-corrected chi connectivity index (χ4v) is 1.99. The number of rotatable bonds is 1. The minimum Gasteiger partial charge on any atom is -0.373 e. The Morgan fingerprint density at radius 2 is 2.07 bits per heavy atom. The Hall–Kier alpha value is -0.820. The second-order valence-corrected chi connectivity index (χ2v) is 4.57. The smallest absolute Gasteiger partial charge is 0.0723 e. The zero-order valence-electron chi connectivity index (χ0n) is 9.21. The summed E-state index contributed by atoms with van der Waals surface area (Å²) in [5.74, 6) is 0.615. The maximum absolute atomic E-state index is 5.81. The molecule has 1 aromatic rings. The van der Waals surface area contributed by atoms with Crippen LogP contribution in [0.2, 0.25) is 0 Å². The highest BCUT2D eigenvalue weighted by molar-refractivity contribution is 5.32. The minimum absolute atomic E-state index is 0.407. The highest BCUT2D eigenvalue weighted by Gasteiger charge is 2.21. The van der Waals surface area contributed by atoms with Gasteiger partial charge in [0.05, 0.1) is 12.7 Å². The first-order valence-corrected chi connectivity index (χ1v) is 5.37. The van der Waals surface area contributed by atoms with E-state index in [0.717, 1.165) is 13.0 Å². The SMILES string of the molecule is Cc1ccc2c(c1)CC(C(C)C)OC2. The minimum atomic E-state index is 0.407. The molecule has 1 unspecified atom stereocenters. The molecule has 1 heterocycles. The summed E-state index contributed by atoms with van der Waals surface area (Å²) < 4.78 is 5.81. The summed E-state index contributed by atoms with van der Waals surface area (Å²) in [7, 11) is 0. The maximum atomic E-state index is 5.81. The van der Waals surface area contributed by atoms with Gasteiger partial charge in [0, 0.05) is 0 Å². The quantitative estimate of drug-likeness (QED) is 0.661. The number of aryl methyl sites for hydroxylation is 1. The van der Waals surface area contributed by atoms with Crippen LogP contribution < -0.4 is 0 Å². The molecule has 1 aliphatic rings. The van der Waals surface area contributed by atoms with Crippen molar-refractivity contribution in [3.05, 3.63) is 34.9 Å². The molecule has 0 saturated heterocycles. The van der Waals surface area contributed by atoms with Crippen LogP contribution in [0, 0.1) is 12.8 Å². The summed E-state index contributed by atoms with van der Waals surface area (Å²) in [5.41, 5.74) is 4.20. The number of hydrogen-bond acceptors (Lipinski definition) is 1. The molecule has 1 nitrogen and oxygen atoms in total. The average molecular weight is 190 g/mol. The van der Waals surface area contributed by atoms with E-state index >= 15 is 0 Å². The van der Waals surface area contributed by atoms with Crippen LogP contribution >= 0.6 is 0 Å². The molecule has 14 heavy (non-hydrogen) atoms. The van der Waals surface area contributed by atoms with Crippen molar-refractivity contribution in [3.63, 3.8) is 0 Å². The number of ether oxygens (including phenoxy) is 1. The van der Waals surface area contributed by atoms with Gasteiger partial charge in [-0.05, 0) is 30.4 Å². The molecule has 0 amide bonds. The molecule has 0 fully saturated rings. The molecular formula is C13H18O. The lowest BCUT2D eigenvalue weighted by Gasteiger charge is -2.28. The molecule has 0 bridgehead atoms. The summed E-state index contributed by atoms with van der Waals surface area (Å²) in [6.45, 7) is 7.40. The molecule has 0 aromatic heterocycles. The van der Waals surface area contributed by atoms with E-state index in [1.54, 1.807) is 0 Å². The van der Waals surface area contributed by atoms with Gasteiger partial charge in [0.25, 0.3) is 0 Å². The zero-order valence-corrected chi connectivity index (χ0v) is 9.21. The first-order chi connectivity index (χ1) is 6.66. The molecule has 0 aliphatic carbocycles. The van der Waals surface area contributed by atoms with Crippen molar-refractivity contribution in [3.8, 4) is 0 Å². The van der Waals surface area contributed by atoms with Gasteiger partial charge in [-0.25, -0.2) is 0 Å². The van der Waals surface area contributed by atoms with Crippen molar-refractivity contribution in [1.29, 1.82) is 0 Å². The van der Waals surface area contributed by atoms with E-state index in [2.05, 4.69) is 39.0 Å². The fraction of sp³-hybridized carbons (Fsp3) is 0.538. The lowest BCUT2D eigenvalue weighted by Crippen LogP contribution is -2.27. The van der Waals surface area contributed by atoms with Gasteiger partial charge >= 0.3 is 0 Å². The molecule has 1 aliphatic heterocycles. The van der Waals surface area contributed by atoms with E-state index in [9.17, 15) is 0 Å². The van der Waals surface area contributed by atoms with E-state index in [1.807, 2.05) is 0 Å². The third-order valence-electron chi connectivity index (χ3n) is 2.98.